The fourth-order valence-corrected chi connectivity index (χ4v) is 4.34. The molecule has 3 rings (SSSR count). The first kappa shape index (κ1) is 30.0. The minimum absolute atomic E-state index is 0.101. The molecule has 1 heterocycles. The minimum atomic E-state index is -2.81. The first-order valence-electron chi connectivity index (χ1n) is 12.5. The molecule has 39 heavy (non-hydrogen) atoms. The predicted molar refractivity (Wildman–Crippen MR) is 140 cm³/mol. The van der Waals surface area contributed by atoms with Crippen molar-refractivity contribution < 1.29 is 27.5 Å². The number of carbonyl (C=O) groups is 1. The maximum atomic E-state index is 14.7. The normalized spacial score (nSPS) is 14.3. The van der Waals surface area contributed by atoms with Gasteiger partial charge >= 0.3 is 0 Å². The van der Waals surface area contributed by atoms with E-state index in [0.717, 1.165) is 18.2 Å². The summed E-state index contributed by atoms with van der Waals surface area (Å²) in [5, 5.41) is 14.7. The number of carbonyl (C=O) groups excluding carboxylic acids is 1. The molecule has 0 aliphatic rings. The number of aromatic nitrogens is 3. The van der Waals surface area contributed by atoms with Gasteiger partial charge in [-0.25, -0.2) is 27.2 Å². The number of rotatable bonds is 10. The van der Waals surface area contributed by atoms with Crippen molar-refractivity contribution in [2.75, 3.05) is 12.3 Å². The molecular formula is C27H34F4N6O2. The number of aliphatic hydroxyl groups is 1. The van der Waals surface area contributed by atoms with Crippen molar-refractivity contribution in [1.29, 1.82) is 0 Å². The van der Waals surface area contributed by atoms with Crippen LogP contribution in [-0.4, -0.2) is 55.8 Å². The second-order valence-corrected chi connectivity index (χ2v) is 10.6. The van der Waals surface area contributed by atoms with Crippen LogP contribution in [0, 0.1) is 17.0 Å². The highest BCUT2D eigenvalue weighted by atomic mass is 19.3. The summed E-state index contributed by atoms with van der Waals surface area (Å²) in [5.41, 5.74) is 11.7. The molecule has 2 aromatic carbocycles. The Hall–Kier alpha value is -3.51. The smallest absolute Gasteiger partial charge is 0.253 e. The number of aliphatic hydroxyl groups excluding tert-OH is 1. The van der Waals surface area contributed by atoms with Crippen LogP contribution >= 0.6 is 0 Å². The molecule has 0 saturated carbocycles. The van der Waals surface area contributed by atoms with Crippen LogP contribution in [0.2, 0.25) is 0 Å². The van der Waals surface area contributed by atoms with Crippen LogP contribution in [0.1, 0.15) is 51.5 Å². The van der Waals surface area contributed by atoms with Crippen molar-refractivity contribution in [1.82, 2.24) is 19.7 Å². The van der Waals surface area contributed by atoms with Crippen LogP contribution < -0.4 is 11.5 Å². The van der Waals surface area contributed by atoms with Gasteiger partial charge < -0.3 is 21.5 Å². The van der Waals surface area contributed by atoms with E-state index in [4.69, 9.17) is 11.5 Å². The molecule has 3 atom stereocenters. The molecular weight excluding hydrogens is 516 g/mol. The lowest BCUT2D eigenvalue weighted by atomic mass is 9.84. The third kappa shape index (κ3) is 7.33. The Kier molecular flexibility index (Phi) is 9.34. The van der Waals surface area contributed by atoms with E-state index in [2.05, 4.69) is 10.1 Å². The van der Waals surface area contributed by atoms with Crippen LogP contribution in [0.15, 0.2) is 42.5 Å². The van der Waals surface area contributed by atoms with Crippen molar-refractivity contribution in [3.8, 4) is 11.4 Å². The molecule has 0 saturated heterocycles. The van der Waals surface area contributed by atoms with Crippen molar-refractivity contribution >= 4 is 11.6 Å². The lowest BCUT2D eigenvalue weighted by Gasteiger charge is -2.40. The van der Waals surface area contributed by atoms with Crippen molar-refractivity contribution in [2.24, 2.45) is 11.1 Å². The van der Waals surface area contributed by atoms with E-state index < -0.39 is 47.6 Å². The number of halogens is 4. The molecule has 5 N–H and O–H groups in total. The standard InChI is InChI=1S/C27H34F4N6O2/c1-15(38)26(39)36(11-10-21(33)23(30)31)22(27(2,3)4)25-34-24(19-13-17(28)8-9-20(19)29)35-37(25)14-16-6-5-7-18(32)12-16/h5-9,12-13,15,21-23,38H,10-11,14,32-33H2,1-4H3/t15-,21+,22-/m0/s1. The zero-order chi connectivity index (χ0) is 29.1. The van der Waals surface area contributed by atoms with Gasteiger partial charge in [0.1, 0.15) is 17.7 Å². The highest BCUT2D eigenvalue weighted by Crippen LogP contribution is 2.39. The molecule has 212 valence electrons. The van der Waals surface area contributed by atoms with E-state index in [9.17, 15) is 27.5 Å². The predicted octanol–water partition coefficient (Wildman–Crippen LogP) is 4.13. The molecule has 0 bridgehead atoms. The average Bonchev–Trinajstić information content (AvgIpc) is 3.23. The number of amides is 1. The molecule has 12 heteroatoms. The van der Waals surface area contributed by atoms with E-state index in [0.29, 0.717) is 11.3 Å². The molecule has 3 aromatic rings. The fraction of sp³-hybridized carbons (Fsp3) is 0.444. The largest absolute Gasteiger partial charge is 0.399 e. The second-order valence-electron chi connectivity index (χ2n) is 10.6. The third-order valence-electron chi connectivity index (χ3n) is 6.20. The highest BCUT2D eigenvalue weighted by molar-refractivity contribution is 5.80. The molecule has 1 aromatic heterocycles. The topological polar surface area (TPSA) is 123 Å². The summed E-state index contributed by atoms with van der Waals surface area (Å²) in [7, 11) is 0. The van der Waals surface area contributed by atoms with Crippen LogP contribution in [0.5, 0.6) is 0 Å². The molecule has 0 radical (unpaired) electrons. The van der Waals surface area contributed by atoms with Gasteiger partial charge in [-0.05, 0) is 54.7 Å². The Morgan fingerprint density at radius 2 is 1.85 bits per heavy atom. The SMILES string of the molecule is C[C@H](O)C(=O)N(CC[C@@H](N)C(F)F)[C@@H](c1nc(-c2cc(F)ccc2F)nn1Cc1cccc(N)c1)C(C)(C)C. The maximum Gasteiger partial charge on any atom is 0.253 e. The summed E-state index contributed by atoms with van der Waals surface area (Å²) in [6.07, 6.45) is -4.52. The number of nitrogens with zero attached hydrogens (tertiary/aromatic N) is 4. The molecule has 0 unspecified atom stereocenters. The number of nitrogens with two attached hydrogens (primary N) is 2. The lowest BCUT2D eigenvalue weighted by molar-refractivity contribution is -0.145. The number of benzene rings is 2. The van der Waals surface area contributed by atoms with Gasteiger partial charge in [0.25, 0.3) is 12.3 Å². The van der Waals surface area contributed by atoms with Crippen molar-refractivity contribution in [3.05, 3.63) is 65.5 Å². The van der Waals surface area contributed by atoms with E-state index in [1.165, 1.54) is 16.5 Å². The average molecular weight is 551 g/mol. The van der Waals surface area contributed by atoms with E-state index in [1.807, 2.05) is 0 Å². The Balaban J connectivity index is 2.22. The fourth-order valence-electron chi connectivity index (χ4n) is 4.34. The maximum absolute atomic E-state index is 14.7. The zero-order valence-corrected chi connectivity index (χ0v) is 22.3. The third-order valence-corrected chi connectivity index (χ3v) is 6.20. The van der Waals surface area contributed by atoms with Gasteiger partial charge in [0, 0.05) is 12.2 Å². The molecule has 0 spiro atoms. The van der Waals surface area contributed by atoms with Gasteiger partial charge in [-0.2, -0.15) is 5.10 Å². The summed E-state index contributed by atoms with van der Waals surface area (Å²) in [6, 6.07) is 7.40. The van der Waals surface area contributed by atoms with Gasteiger partial charge in [-0.3, -0.25) is 4.79 Å². The quantitative estimate of drug-likeness (QED) is 0.258. The Bertz CT molecular complexity index is 1290. The molecule has 0 fully saturated rings. The number of anilines is 1. The lowest BCUT2D eigenvalue weighted by Crippen LogP contribution is -2.48. The zero-order valence-electron chi connectivity index (χ0n) is 22.3. The van der Waals surface area contributed by atoms with Crippen LogP contribution in [0.3, 0.4) is 0 Å². The first-order valence-corrected chi connectivity index (χ1v) is 12.5. The van der Waals surface area contributed by atoms with Gasteiger partial charge in [0.2, 0.25) is 0 Å². The van der Waals surface area contributed by atoms with E-state index in [-0.39, 0.29) is 36.7 Å². The molecule has 1 amide bonds. The summed E-state index contributed by atoms with van der Waals surface area (Å²) < 4.78 is 56.7. The highest BCUT2D eigenvalue weighted by Gasteiger charge is 2.40. The summed E-state index contributed by atoms with van der Waals surface area (Å²) in [4.78, 5) is 19.0. The Labute approximate surface area is 224 Å². The second kappa shape index (κ2) is 12.1. The van der Waals surface area contributed by atoms with Crippen molar-refractivity contribution in [3.63, 3.8) is 0 Å². The summed E-state index contributed by atoms with van der Waals surface area (Å²) in [5.74, 6) is -2.12. The molecule has 0 aliphatic heterocycles. The minimum Gasteiger partial charge on any atom is -0.399 e. The monoisotopic (exact) mass is 550 g/mol. The number of alkyl halides is 2. The number of hydrogen-bond donors (Lipinski definition) is 3. The van der Waals surface area contributed by atoms with Crippen LogP contribution in [0.25, 0.3) is 11.4 Å². The van der Waals surface area contributed by atoms with Crippen LogP contribution in [-0.2, 0) is 11.3 Å². The van der Waals surface area contributed by atoms with Crippen molar-refractivity contribution in [2.45, 2.75) is 65.3 Å². The first-order chi connectivity index (χ1) is 18.2. The Morgan fingerprint density at radius 3 is 2.44 bits per heavy atom. The summed E-state index contributed by atoms with van der Waals surface area (Å²) >= 11 is 0. The molecule has 0 aliphatic carbocycles. The number of hydrogen-bond acceptors (Lipinski definition) is 6. The van der Waals surface area contributed by atoms with Crippen LogP contribution in [0.4, 0.5) is 23.2 Å². The van der Waals surface area contributed by atoms with Gasteiger partial charge in [-0.1, -0.05) is 32.9 Å². The van der Waals surface area contributed by atoms with Gasteiger partial charge in [-0.15, -0.1) is 0 Å². The van der Waals surface area contributed by atoms with E-state index in [1.54, 1.807) is 45.0 Å². The van der Waals surface area contributed by atoms with E-state index >= 15 is 0 Å². The van der Waals surface area contributed by atoms with Gasteiger partial charge in [0.15, 0.2) is 11.6 Å². The Morgan fingerprint density at radius 1 is 1.15 bits per heavy atom. The summed E-state index contributed by atoms with van der Waals surface area (Å²) in [6.45, 7) is 6.56. The van der Waals surface area contributed by atoms with Gasteiger partial charge in [0.05, 0.1) is 24.2 Å². The molecule has 8 nitrogen and oxygen atoms in total. The number of nitrogen functional groups attached to an aromatic ring is 1.